The molecule has 28 heavy (non-hydrogen) atoms. The molecule has 1 fully saturated rings. The zero-order valence-electron chi connectivity index (χ0n) is 17.1. The topological polar surface area (TPSA) is 82.1 Å². The predicted molar refractivity (Wildman–Crippen MR) is 108 cm³/mol. The summed E-state index contributed by atoms with van der Waals surface area (Å²) in [6.07, 6.45) is 1.65. The first kappa shape index (κ1) is 20.6. The first-order valence-electron chi connectivity index (χ1n) is 9.98. The minimum absolute atomic E-state index is 0.0238. The van der Waals surface area contributed by atoms with Gasteiger partial charge in [-0.05, 0) is 46.0 Å². The second kappa shape index (κ2) is 8.49. The molecule has 1 heterocycles. The number of benzene rings is 1. The molecular weight excluding hydrogens is 358 g/mol. The summed E-state index contributed by atoms with van der Waals surface area (Å²) in [5.41, 5.74) is 0.960. The highest BCUT2D eigenvalue weighted by Gasteiger charge is 2.35. The number of hydrogen-bond donors (Lipinski definition) is 2. The van der Waals surface area contributed by atoms with Crippen molar-refractivity contribution >= 4 is 17.5 Å². The Morgan fingerprint density at radius 3 is 2.71 bits per heavy atom. The Hall–Kier alpha value is -2.12. The third kappa shape index (κ3) is 4.47. The fourth-order valence-corrected chi connectivity index (χ4v) is 3.50. The lowest BCUT2D eigenvalue weighted by molar-refractivity contribution is -0.117. The van der Waals surface area contributed by atoms with E-state index in [9.17, 15) is 14.7 Å². The van der Waals surface area contributed by atoms with Crippen LogP contribution in [0.25, 0.3) is 0 Å². The number of anilines is 1. The van der Waals surface area contributed by atoms with Crippen molar-refractivity contribution in [2.75, 3.05) is 39.1 Å². The maximum atomic E-state index is 13.3. The van der Waals surface area contributed by atoms with Crippen LogP contribution in [0.2, 0.25) is 0 Å². The molecule has 0 bridgehead atoms. The van der Waals surface area contributed by atoms with Gasteiger partial charge < -0.3 is 25.0 Å². The summed E-state index contributed by atoms with van der Waals surface area (Å²) in [7, 11) is 3.96. The lowest BCUT2D eigenvalue weighted by Gasteiger charge is -2.38. The van der Waals surface area contributed by atoms with Crippen molar-refractivity contribution in [1.82, 2.24) is 9.80 Å². The number of likely N-dealkylation sites (N-methyl/N-ethyl adjacent to an activating group) is 1. The highest BCUT2D eigenvalue weighted by molar-refractivity contribution is 6.02. The summed E-state index contributed by atoms with van der Waals surface area (Å²) in [5, 5.41) is 12.6. The second-order valence-corrected chi connectivity index (χ2v) is 8.33. The highest BCUT2D eigenvalue weighted by Crippen LogP contribution is 2.37. The molecule has 0 spiro atoms. The Kier molecular flexibility index (Phi) is 6.25. The highest BCUT2D eigenvalue weighted by atomic mass is 16.5. The van der Waals surface area contributed by atoms with Crippen LogP contribution in [0, 0.1) is 11.8 Å². The predicted octanol–water partition coefficient (Wildman–Crippen LogP) is 1.82. The lowest BCUT2D eigenvalue weighted by atomic mass is 9.99. The van der Waals surface area contributed by atoms with Gasteiger partial charge >= 0.3 is 0 Å². The minimum Gasteiger partial charge on any atom is -0.486 e. The van der Waals surface area contributed by atoms with Crippen molar-refractivity contribution in [1.29, 1.82) is 0 Å². The van der Waals surface area contributed by atoms with Gasteiger partial charge in [-0.1, -0.05) is 13.0 Å². The SMILES string of the molecule is C[C@@H]1CN([C@@H](C)CO)C(=O)c2cccc(NC(=O)C3CC3)c2O[C@@H]1CN(C)C. The van der Waals surface area contributed by atoms with Crippen LogP contribution in [-0.2, 0) is 4.79 Å². The Bertz CT molecular complexity index is 732. The smallest absolute Gasteiger partial charge is 0.258 e. The van der Waals surface area contributed by atoms with E-state index in [1.807, 2.05) is 21.0 Å². The van der Waals surface area contributed by atoms with E-state index < -0.39 is 0 Å². The van der Waals surface area contributed by atoms with Crippen LogP contribution < -0.4 is 10.1 Å². The number of ether oxygens (including phenoxy) is 1. The maximum absolute atomic E-state index is 13.3. The molecule has 3 rings (SSSR count). The molecule has 0 radical (unpaired) electrons. The van der Waals surface area contributed by atoms with Crippen LogP contribution in [0.3, 0.4) is 0 Å². The molecular formula is C21H31N3O4. The zero-order valence-corrected chi connectivity index (χ0v) is 17.1. The number of carbonyl (C=O) groups is 2. The van der Waals surface area contributed by atoms with Gasteiger partial charge in [0.1, 0.15) is 6.10 Å². The third-order valence-electron chi connectivity index (χ3n) is 5.44. The zero-order chi connectivity index (χ0) is 20.4. The van der Waals surface area contributed by atoms with Crippen molar-refractivity contribution in [3.63, 3.8) is 0 Å². The van der Waals surface area contributed by atoms with Crippen LogP contribution in [0.15, 0.2) is 18.2 Å². The molecule has 0 saturated heterocycles. The number of aliphatic hydroxyl groups is 1. The molecule has 3 atom stereocenters. The lowest BCUT2D eigenvalue weighted by Crippen LogP contribution is -2.49. The first-order valence-corrected chi connectivity index (χ1v) is 9.98. The van der Waals surface area contributed by atoms with E-state index >= 15 is 0 Å². The number of hydrogen-bond acceptors (Lipinski definition) is 5. The molecule has 0 aromatic heterocycles. The van der Waals surface area contributed by atoms with Gasteiger partial charge in [0.15, 0.2) is 5.75 Å². The van der Waals surface area contributed by atoms with Crippen molar-refractivity contribution in [3.05, 3.63) is 23.8 Å². The average molecular weight is 389 g/mol. The number of amides is 2. The van der Waals surface area contributed by atoms with Crippen LogP contribution in [-0.4, -0.2) is 72.7 Å². The van der Waals surface area contributed by atoms with Crippen molar-refractivity contribution in [2.24, 2.45) is 11.8 Å². The van der Waals surface area contributed by atoms with Crippen LogP contribution in [0.5, 0.6) is 5.75 Å². The van der Waals surface area contributed by atoms with Gasteiger partial charge in [0.05, 0.1) is 23.9 Å². The van der Waals surface area contributed by atoms with Gasteiger partial charge in [0.25, 0.3) is 5.91 Å². The van der Waals surface area contributed by atoms with E-state index in [1.165, 1.54) is 0 Å². The molecule has 1 aromatic carbocycles. The van der Waals surface area contributed by atoms with E-state index in [2.05, 4.69) is 17.1 Å². The number of para-hydroxylation sites is 1. The molecule has 154 valence electrons. The molecule has 2 amide bonds. The minimum atomic E-state index is -0.300. The molecule has 7 heteroatoms. The molecule has 2 aliphatic rings. The Labute approximate surface area is 166 Å². The Morgan fingerprint density at radius 2 is 2.11 bits per heavy atom. The quantitative estimate of drug-likeness (QED) is 0.776. The number of aliphatic hydroxyl groups excluding tert-OH is 1. The summed E-state index contributed by atoms with van der Waals surface area (Å²) in [6.45, 7) is 4.96. The fraction of sp³-hybridized carbons (Fsp3) is 0.619. The number of carbonyl (C=O) groups excluding carboxylic acids is 2. The van der Waals surface area contributed by atoms with Gasteiger partial charge in [0.2, 0.25) is 5.91 Å². The molecule has 1 aliphatic carbocycles. The summed E-state index contributed by atoms with van der Waals surface area (Å²) >= 11 is 0. The van der Waals surface area contributed by atoms with E-state index in [-0.39, 0.29) is 42.4 Å². The monoisotopic (exact) mass is 389 g/mol. The van der Waals surface area contributed by atoms with E-state index in [0.717, 1.165) is 12.8 Å². The normalized spacial score (nSPS) is 23.5. The van der Waals surface area contributed by atoms with Gasteiger partial charge in [-0.15, -0.1) is 0 Å². The molecule has 2 N–H and O–H groups in total. The van der Waals surface area contributed by atoms with Crippen LogP contribution >= 0.6 is 0 Å². The molecule has 1 saturated carbocycles. The van der Waals surface area contributed by atoms with E-state index in [4.69, 9.17) is 4.74 Å². The largest absolute Gasteiger partial charge is 0.486 e. The van der Waals surface area contributed by atoms with Gasteiger partial charge in [-0.2, -0.15) is 0 Å². The first-order chi connectivity index (χ1) is 13.3. The summed E-state index contributed by atoms with van der Waals surface area (Å²) in [4.78, 5) is 29.4. The number of rotatable bonds is 6. The van der Waals surface area contributed by atoms with E-state index in [0.29, 0.717) is 30.1 Å². The van der Waals surface area contributed by atoms with Crippen LogP contribution in [0.4, 0.5) is 5.69 Å². The maximum Gasteiger partial charge on any atom is 0.258 e. The standard InChI is InChI=1S/C21H31N3O4/c1-13-10-24(14(2)12-25)21(27)16-6-5-7-17(22-20(26)15-8-9-15)19(16)28-18(13)11-23(3)4/h5-7,13-15,18,25H,8-12H2,1-4H3,(H,22,26)/t13-,14+,18-/m1/s1. The van der Waals surface area contributed by atoms with Gasteiger partial charge in [-0.25, -0.2) is 0 Å². The molecule has 7 nitrogen and oxygen atoms in total. The average Bonchev–Trinajstić information content (AvgIpc) is 3.49. The van der Waals surface area contributed by atoms with Crippen LogP contribution in [0.1, 0.15) is 37.0 Å². The number of fused-ring (bicyclic) bond motifs is 1. The summed E-state index contributed by atoms with van der Waals surface area (Å²) in [6, 6.07) is 4.97. The number of nitrogens with zero attached hydrogens (tertiary/aromatic N) is 2. The molecule has 1 aliphatic heterocycles. The molecule has 1 aromatic rings. The second-order valence-electron chi connectivity index (χ2n) is 8.33. The van der Waals surface area contributed by atoms with Crippen molar-refractivity contribution in [2.45, 2.75) is 38.8 Å². The number of nitrogens with one attached hydrogen (secondary N) is 1. The summed E-state index contributed by atoms with van der Waals surface area (Å²) < 4.78 is 6.36. The summed E-state index contributed by atoms with van der Waals surface area (Å²) in [5.74, 6) is 0.330. The molecule has 0 unspecified atom stereocenters. The third-order valence-corrected chi connectivity index (χ3v) is 5.44. The Balaban J connectivity index is 2.02. The van der Waals surface area contributed by atoms with Gasteiger partial charge in [0, 0.05) is 24.9 Å². The van der Waals surface area contributed by atoms with Gasteiger partial charge in [-0.3, -0.25) is 9.59 Å². The van der Waals surface area contributed by atoms with Crippen molar-refractivity contribution < 1.29 is 19.4 Å². The van der Waals surface area contributed by atoms with Crippen molar-refractivity contribution in [3.8, 4) is 5.75 Å². The van der Waals surface area contributed by atoms with E-state index in [1.54, 1.807) is 23.1 Å². The Morgan fingerprint density at radius 1 is 1.39 bits per heavy atom. The fourth-order valence-electron chi connectivity index (χ4n) is 3.50.